The van der Waals surface area contributed by atoms with Gasteiger partial charge in [-0.1, -0.05) is 0 Å². The van der Waals surface area contributed by atoms with Gasteiger partial charge in [0.25, 0.3) is 0 Å². The molecule has 1 aliphatic rings. The molecule has 0 bridgehead atoms. The highest BCUT2D eigenvalue weighted by Crippen LogP contribution is 2.05. The van der Waals surface area contributed by atoms with Crippen molar-refractivity contribution in [3.8, 4) is 0 Å². The topological polar surface area (TPSA) is 66.8 Å². The monoisotopic (exact) mass is 171 g/mol. The maximum Gasteiger partial charge on any atom is 0.410 e. The molecule has 1 amide bonds. The highest BCUT2D eigenvalue weighted by molar-refractivity contribution is 5.94. The van der Waals surface area contributed by atoms with Crippen molar-refractivity contribution in [1.82, 2.24) is 4.90 Å². The summed E-state index contributed by atoms with van der Waals surface area (Å²) in [7, 11) is 1.22. The molecule has 0 spiro atoms. The number of carbonyl (C=O) groups excluding carboxylic acids is 2. The van der Waals surface area contributed by atoms with Crippen LogP contribution in [0.1, 0.15) is 0 Å². The molecule has 66 valence electrons. The minimum Gasteiger partial charge on any atom is -0.510 e. The van der Waals surface area contributed by atoms with Gasteiger partial charge in [-0.3, -0.25) is 9.69 Å². The lowest BCUT2D eigenvalue weighted by Gasteiger charge is -2.22. The first-order chi connectivity index (χ1) is 5.63. The van der Waals surface area contributed by atoms with E-state index in [0.717, 1.165) is 11.0 Å². The van der Waals surface area contributed by atoms with Crippen LogP contribution in [0, 0.1) is 0 Å². The minimum absolute atomic E-state index is 0.0310. The fraction of sp³-hybridized carbons (Fsp3) is 0.429. The molecule has 0 aromatic heterocycles. The molecule has 1 aliphatic heterocycles. The van der Waals surface area contributed by atoms with Crippen molar-refractivity contribution in [2.45, 2.75) is 0 Å². The van der Waals surface area contributed by atoms with Crippen LogP contribution in [0.4, 0.5) is 4.79 Å². The molecule has 0 saturated carbocycles. The molecule has 0 fully saturated rings. The van der Waals surface area contributed by atoms with Crippen LogP contribution in [0.25, 0.3) is 0 Å². The molecular weight excluding hydrogens is 162 g/mol. The number of nitrogens with zero attached hydrogens (tertiary/aromatic N) is 1. The summed E-state index contributed by atoms with van der Waals surface area (Å²) in [5, 5.41) is 8.99. The lowest BCUT2D eigenvalue weighted by molar-refractivity contribution is -0.116. The maximum absolute atomic E-state index is 10.9. The molecule has 0 aliphatic carbocycles. The van der Waals surface area contributed by atoms with Gasteiger partial charge in [-0.15, -0.1) is 0 Å². The maximum atomic E-state index is 10.9. The second kappa shape index (κ2) is 3.25. The summed E-state index contributed by atoms with van der Waals surface area (Å²) in [6.07, 6.45) is 0.502. The van der Waals surface area contributed by atoms with E-state index in [1.54, 1.807) is 0 Å². The summed E-state index contributed by atoms with van der Waals surface area (Å²) in [5.41, 5.74) is 0. The van der Waals surface area contributed by atoms with Crippen LogP contribution >= 0.6 is 0 Å². The zero-order valence-corrected chi connectivity index (χ0v) is 6.61. The molecule has 1 heterocycles. The first-order valence-corrected chi connectivity index (χ1v) is 3.38. The zero-order chi connectivity index (χ0) is 9.14. The number of aliphatic hydroxyl groups excluding tert-OH is 1. The number of methoxy groups -OCH3 is 1. The predicted octanol–water partition coefficient (Wildman–Crippen LogP) is 0.0794. The van der Waals surface area contributed by atoms with Crippen LogP contribution in [0.15, 0.2) is 11.8 Å². The Hall–Kier alpha value is -1.52. The molecule has 0 radical (unpaired) electrons. The average Bonchev–Trinajstić information content (AvgIpc) is 2.01. The van der Waals surface area contributed by atoms with E-state index in [1.807, 2.05) is 0 Å². The van der Waals surface area contributed by atoms with E-state index < -0.39 is 6.09 Å². The molecule has 1 rings (SSSR count). The fourth-order valence-corrected chi connectivity index (χ4v) is 0.975. The number of ketones is 1. The second-order valence-corrected chi connectivity index (χ2v) is 2.43. The van der Waals surface area contributed by atoms with Gasteiger partial charge in [0.1, 0.15) is 5.76 Å². The molecule has 5 heteroatoms. The number of amides is 1. The van der Waals surface area contributed by atoms with Crippen LogP contribution < -0.4 is 0 Å². The normalized spacial score (nSPS) is 17.2. The Morgan fingerprint density at radius 1 is 1.67 bits per heavy atom. The Morgan fingerprint density at radius 2 is 2.33 bits per heavy atom. The summed E-state index contributed by atoms with van der Waals surface area (Å²) in [5.74, 6) is -0.416. The van der Waals surface area contributed by atoms with Gasteiger partial charge in [0.2, 0.25) is 0 Å². The Morgan fingerprint density at radius 3 is 2.83 bits per heavy atom. The van der Waals surface area contributed by atoms with Gasteiger partial charge in [0.05, 0.1) is 20.2 Å². The van der Waals surface area contributed by atoms with E-state index in [-0.39, 0.29) is 24.6 Å². The van der Waals surface area contributed by atoms with Crippen LogP contribution in [-0.2, 0) is 9.53 Å². The molecule has 5 nitrogen and oxygen atoms in total. The van der Waals surface area contributed by atoms with Crippen LogP contribution in [0.2, 0.25) is 0 Å². The Balaban J connectivity index is 2.67. The third-order valence-electron chi connectivity index (χ3n) is 1.46. The van der Waals surface area contributed by atoms with Crippen molar-refractivity contribution in [2.24, 2.45) is 0 Å². The van der Waals surface area contributed by atoms with Gasteiger partial charge in [0, 0.05) is 6.08 Å². The highest BCUT2D eigenvalue weighted by Gasteiger charge is 2.22. The van der Waals surface area contributed by atoms with Crippen molar-refractivity contribution in [3.63, 3.8) is 0 Å². The number of carbonyl (C=O) groups is 2. The molecule has 0 saturated heterocycles. The second-order valence-electron chi connectivity index (χ2n) is 2.43. The smallest absolute Gasteiger partial charge is 0.410 e. The number of hydrogen-bond acceptors (Lipinski definition) is 4. The van der Waals surface area contributed by atoms with Gasteiger partial charge in [0.15, 0.2) is 5.78 Å². The Bertz CT molecular complexity index is 246. The van der Waals surface area contributed by atoms with E-state index in [4.69, 9.17) is 5.11 Å². The van der Waals surface area contributed by atoms with Crippen LogP contribution in [0.5, 0.6) is 0 Å². The molecule has 0 unspecified atom stereocenters. The molecule has 0 atom stereocenters. The number of rotatable bonds is 0. The van der Waals surface area contributed by atoms with Crippen molar-refractivity contribution in [2.75, 3.05) is 20.2 Å². The summed E-state index contributed by atoms with van der Waals surface area (Å²) in [4.78, 5) is 22.8. The van der Waals surface area contributed by atoms with E-state index in [0.29, 0.717) is 0 Å². The number of hydrogen-bond donors (Lipinski definition) is 1. The van der Waals surface area contributed by atoms with E-state index >= 15 is 0 Å². The molecule has 0 aromatic rings. The summed E-state index contributed by atoms with van der Waals surface area (Å²) in [6.45, 7) is 0.00907. The molecule has 0 aromatic carbocycles. The molecule has 1 N–H and O–H groups in total. The SMILES string of the molecule is COC(=O)N1CC(=O)C=C(O)C1. The van der Waals surface area contributed by atoms with Crippen LogP contribution in [-0.4, -0.2) is 42.1 Å². The number of aliphatic hydroxyl groups is 1. The number of ether oxygens (including phenoxy) is 1. The standard InChI is InChI=1S/C7H9NO4/c1-12-7(11)8-3-5(9)2-6(10)4-8/h2,9H,3-4H2,1H3. The first kappa shape index (κ1) is 8.58. The average molecular weight is 171 g/mol. The third kappa shape index (κ3) is 1.75. The summed E-state index contributed by atoms with van der Waals surface area (Å²) < 4.78 is 4.38. The lowest BCUT2D eigenvalue weighted by Crippen LogP contribution is -2.39. The Kier molecular flexibility index (Phi) is 2.32. The quantitative estimate of drug-likeness (QED) is 0.560. The van der Waals surface area contributed by atoms with E-state index in [1.165, 1.54) is 7.11 Å². The predicted molar refractivity (Wildman–Crippen MR) is 39.7 cm³/mol. The van der Waals surface area contributed by atoms with Gasteiger partial charge in [-0.05, 0) is 0 Å². The van der Waals surface area contributed by atoms with Crippen LogP contribution in [0.3, 0.4) is 0 Å². The van der Waals surface area contributed by atoms with Gasteiger partial charge < -0.3 is 9.84 Å². The van der Waals surface area contributed by atoms with Crippen molar-refractivity contribution in [1.29, 1.82) is 0 Å². The molecule has 12 heavy (non-hydrogen) atoms. The lowest BCUT2D eigenvalue weighted by atomic mass is 10.2. The first-order valence-electron chi connectivity index (χ1n) is 3.38. The summed E-state index contributed by atoms with van der Waals surface area (Å²) in [6, 6.07) is 0. The van der Waals surface area contributed by atoms with Gasteiger partial charge in [-0.2, -0.15) is 0 Å². The highest BCUT2D eigenvalue weighted by atomic mass is 16.5. The van der Waals surface area contributed by atoms with Gasteiger partial charge in [-0.25, -0.2) is 4.79 Å². The van der Waals surface area contributed by atoms with Crippen molar-refractivity contribution in [3.05, 3.63) is 11.8 Å². The largest absolute Gasteiger partial charge is 0.510 e. The fourth-order valence-electron chi connectivity index (χ4n) is 0.975. The summed E-state index contributed by atoms with van der Waals surface area (Å²) >= 11 is 0. The van der Waals surface area contributed by atoms with Gasteiger partial charge >= 0.3 is 6.09 Å². The third-order valence-corrected chi connectivity index (χ3v) is 1.46. The van der Waals surface area contributed by atoms with Crippen molar-refractivity contribution < 1.29 is 19.4 Å². The minimum atomic E-state index is -0.608. The molecular formula is C7H9NO4. The Labute approximate surface area is 69.2 Å². The zero-order valence-electron chi connectivity index (χ0n) is 6.61. The van der Waals surface area contributed by atoms with E-state index in [9.17, 15) is 9.59 Å². The van der Waals surface area contributed by atoms with E-state index in [2.05, 4.69) is 4.74 Å². The van der Waals surface area contributed by atoms with Crippen molar-refractivity contribution >= 4 is 11.9 Å².